The number of hydrogen-bond donors (Lipinski definition) is 1. The fourth-order valence-corrected chi connectivity index (χ4v) is 3.14. The normalized spacial score (nSPS) is 14.8. The minimum absolute atomic E-state index is 0.699. The van der Waals surface area contributed by atoms with Crippen LogP contribution in [0, 0.1) is 0 Å². The third kappa shape index (κ3) is 3.14. The molecule has 0 aliphatic heterocycles. The van der Waals surface area contributed by atoms with Gasteiger partial charge >= 0.3 is 0 Å². The van der Waals surface area contributed by atoms with Gasteiger partial charge in [-0.05, 0) is 36.2 Å². The van der Waals surface area contributed by atoms with Gasteiger partial charge in [0.15, 0.2) is 5.16 Å². The summed E-state index contributed by atoms with van der Waals surface area (Å²) < 4.78 is 2.01. The van der Waals surface area contributed by atoms with Gasteiger partial charge in [-0.3, -0.25) is 0 Å². The molecule has 1 aliphatic rings. The maximum atomic E-state index is 6.34. The maximum absolute atomic E-state index is 6.34. The lowest BCUT2D eigenvalue weighted by Gasteiger charge is -2.11. The zero-order valence-electron chi connectivity index (χ0n) is 10.8. The summed E-state index contributed by atoms with van der Waals surface area (Å²) in [6.07, 6.45) is 6.34. The molecular weight excluding hydrogens is 278 g/mol. The number of benzene rings is 1. The Morgan fingerprint density at radius 3 is 3.00 bits per heavy atom. The summed E-state index contributed by atoms with van der Waals surface area (Å²) in [6, 6.07) is 6.78. The van der Waals surface area contributed by atoms with Gasteiger partial charge in [-0.15, -0.1) is 0 Å². The van der Waals surface area contributed by atoms with Crippen molar-refractivity contribution < 1.29 is 0 Å². The van der Waals surface area contributed by atoms with E-state index in [0.29, 0.717) is 6.04 Å². The van der Waals surface area contributed by atoms with Crippen LogP contribution in [0.2, 0.25) is 5.02 Å². The SMILES string of the molecule is Cn1ccnc1Sc1c(Cl)cccc1CNC1CC1. The Morgan fingerprint density at radius 1 is 1.47 bits per heavy atom. The monoisotopic (exact) mass is 293 g/mol. The molecule has 0 unspecified atom stereocenters. The standard InChI is InChI=1S/C14H16ClN3S/c1-18-8-7-16-14(18)19-13-10(3-2-4-12(13)15)9-17-11-5-6-11/h2-4,7-8,11,17H,5-6,9H2,1H3. The smallest absolute Gasteiger partial charge is 0.172 e. The topological polar surface area (TPSA) is 29.9 Å². The van der Waals surface area contributed by atoms with Crippen LogP contribution in [0.3, 0.4) is 0 Å². The largest absolute Gasteiger partial charge is 0.329 e. The van der Waals surface area contributed by atoms with E-state index in [4.69, 9.17) is 11.6 Å². The molecule has 1 N–H and O–H groups in total. The lowest BCUT2D eigenvalue weighted by Crippen LogP contribution is -2.15. The average Bonchev–Trinajstić information content (AvgIpc) is 3.14. The molecule has 1 aromatic heterocycles. The summed E-state index contributed by atoms with van der Waals surface area (Å²) in [5.74, 6) is 0. The van der Waals surface area contributed by atoms with Crippen molar-refractivity contribution >= 4 is 23.4 Å². The molecule has 1 saturated carbocycles. The minimum atomic E-state index is 0.699. The molecule has 1 aromatic carbocycles. The van der Waals surface area contributed by atoms with Crippen molar-refractivity contribution in [2.24, 2.45) is 7.05 Å². The highest BCUT2D eigenvalue weighted by Crippen LogP contribution is 2.35. The summed E-state index contributed by atoms with van der Waals surface area (Å²) in [4.78, 5) is 5.45. The molecule has 0 bridgehead atoms. The average molecular weight is 294 g/mol. The summed E-state index contributed by atoms with van der Waals surface area (Å²) in [7, 11) is 1.99. The van der Waals surface area contributed by atoms with Crippen LogP contribution in [0.4, 0.5) is 0 Å². The van der Waals surface area contributed by atoms with E-state index < -0.39 is 0 Å². The van der Waals surface area contributed by atoms with Crippen LogP contribution >= 0.6 is 23.4 Å². The van der Waals surface area contributed by atoms with Crippen LogP contribution in [0.5, 0.6) is 0 Å². The van der Waals surface area contributed by atoms with Crippen LogP contribution in [-0.4, -0.2) is 15.6 Å². The predicted molar refractivity (Wildman–Crippen MR) is 78.6 cm³/mol. The van der Waals surface area contributed by atoms with Crippen molar-refractivity contribution in [2.75, 3.05) is 0 Å². The van der Waals surface area contributed by atoms with Crippen LogP contribution in [0.25, 0.3) is 0 Å². The fraction of sp³-hybridized carbons (Fsp3) is 0.357. The second-order valence-corrected chi connectivity index (χ2v) is 6.19. The molecular formula is C14H16ClN3S. The third-order valence-corrected chi connectivity index (χ3v) is 4.87. The van der Waals surface area contributed by atoms with E-state index >= 15 is 0 Å². The number of rotatable bonds is 5. The molecule has 0 radical (unpaired) electrons. The van der Waals surface area contributed by atoms with Crippen molar-refractivity contribution in [2.45, 2.75) is 35.5 Å². The first kappa shape index (κ1) is 13.0. The molecule has 3 nitrogen and oxygen atoms in total. The van der Waals surface area contributed by atoms with E-state index in [0.717, 1.165) is 21.6 Å². The molecule has 0 amide bonds. The second-order valence-electron chi connectivity index (χ2n) is 4.81. The maximum Gasteiger partial charge on any atom is 0.172 e. The van der Waals surface area contributed by atoms with E-state index in [1.807, 2.05) is 29.9 Å². The Labute approximate surface area is 122 Å². The molecule has 19 heavy (non-hydrogen) atoms. The lowest BCUT2D eigenvalue weighted by atomic mass is 10.2. The van der Waals surface area contributed by atoms with Crippen molar-refractivity contribution in [3.63, 3.8) is 0 Å². The van der Waals surface area contributed by atoms with Crippen LogP contribution < -0.4 is 5.32 Å². The first-order valence-corrected chi connectivity index (χ1v) is 7.59. The molecule has 0 saturated heterocycles. The molecule has 1 aliphatic carbocycles. The number of imidazole rings is 1. The van der Waals surface area contributed by atoms with E-state index in [1.54, 1.807) is 18.0 Å². The zero-order chi connectivity index (χ0) is 13.2. The van der Waals surface area contributed by atoms with Gasteiger partial charge in [0.2, 0.25) is 0 Å². The molecule has 5 heteroatoms. The summed E-state index contributed by atoms with van der Waals surface area (Å²) >= 11 is 7.97. The number of hydrogen-bond acceptors (Lipinski definition) is 3. The van der Waals surface area contributed by atoms with E-state index in [2.05, 4.69) is 16.4 Å². The van der Waals surface area contributed by atoms with Crippen LogP contribution in [0.15, 0.2) is 40.6 Å². The van der Waals surface area contributed by atoms with Crippen molar-refractivity contribution in [1.82, 2.24) is 14.9 Å². The Balaban J connectivity index is 1.83. The Morgan fingerprint density at radius 2 is 2.32 bits per heavy atom. The quantitative estimate of drug-likeness (QED) is 0.915. The predicted octanol–water partition coefficient (Wildman–Crippen LogP) is 3.48. The first-order valence-electron chi connectivity index (χ1n) is 6.40. The van der Waals surface area contributed by atoms with E-state index in [9.17, 15) is 0 Å². The minimum Gasteiger partial charge on any atom is -0.329 e. The van der Waals surface area contributed by atoms with Gasteiger partial charge in [0.1, 0.15) is 0 Å². The van der Waals surface area contributed by atoms with Gasteiger partial charge in [-0.25, -0.2) is 4.98 Å². The molecule has 2 aromatic rings. The Hall–Kier alpha value is -0.970. The first-order chi connectivity index (χ1) is 9.24. The molecule has 1 heterocycles. The van der Waals surface area contributed by atoms with Gasteiger partial charge < -0.3 is 9.88 Å². The Kier molecular flexibility index (Phi) is 3.82. The van der Waals surface area contributed by atoms with E-state index in [-0.39, 0.29) is 0 Å². The van der Waals surface area contributed by atoms with E-state index in [1.165, 1.54) is 18.4 Å². The molecule has 3 rings (SSSR count). The number of aryl methyl sites for hydroxylation is 1. The molecule has 100 valence electrons. The van der Waals surface area contributed by atoms with Gasteiger partial charge in [0.25, 0.3) is 0 Å². The van der Waals surface area contributed by atoms with Crippen LogP contribution in [0.1, 0.15) is 18.4 Å². The number of aromatic nitrogens is 2. The summed E-state index contributed by atoms with van der Waals surface area (Å²) in [5, 5.41) is 5.29. The fourth-order valence-electron chi connectivity index (χ4n) is 1.89. The molecule has 0 atom stereocenters. The second kappa shape index (κ2) is 5.57. The van der Waals surface area contributed by atoms with Gasteiger partial charge in [0.05, 0.1) is 5.02 Å². The molecule has 1 fully saturated rings. The number of nitrogens with one attached hydrogen (secondary N) is 1. The summed E-state index contributed by atoms with van der Waals surface area (Å²) in [6.45, 7) is 0.873. The third-order valence-electron chi connectivity index (χ3n) is 3.18. The van der Waals surface area contributed by atoms with Gasteiger partial charge in [-0.2, -0.15) is 0 Å². The van der Waals surface area contributed by atoms with Crippen molar-refractivity contribution in [1.29, 1.82) is 0 Å². The molecule has 0 spiro atoms. The van der Waals surface area contributed by atoms with Crippen molar-refractivity contribution in [3.8, 4) is 0 Å². The van der Waals surface area contributed by atoms with Crippen molar-refractivity contribution in [3.05, 3.63) is 41.2 Å². The van der Waals surface area contributed by atoms with Crippen LogP contribution in [-0.2, 0) is 13.6 Å². The summed E-state index contributed by atoms with van der Waals surface area (Å²) in [5.41, 5.74) is 1.24. The highest BCUT2D eigenvalue weighted by molar-refractivity contribution is 7.99. The van der Waals surface area contributed by atoms with Gasteiger partial charge in [-0.1, -0.05) is 23.7 Å². The number of halogens is 1. The Bertz CT molecular complexity index is 578. The van der Waals surface area contributed by atoms with Gasteiger partial charge in [0, 0.05) is 36.9 Å². The highest BCUT2D eigenvalue weighted by atomic mass is 35.5. The highest BCUT2D eigenvalue weighted by Gasteiger charge is 2.21. The lowest BCUT2D eigenvalue weighted by molar-refractivity contribution is 0.680. The zero-order valence-corrected chi connectivity index (χ0v) is 12.3. The number of nitrogens with zero attached hydrogens (tertiary/aromatic N) is 2.